The quantitative estimate of drug-likeness (QED) is 0.933. The topological polar surface area (TPSA) is 70.5 Å². The summed E-state index contributed by atoms with van der Waals surface area (Å²) in [7, 11) is 0. The SMILES string of the molecule is O=C(O)[C@@H]1CCCN1C(=O)c1csc(Cc2ccccc2F)n1. The molecule has 1 amide bonds. The van der Waals surface area contributed by atoms with Crippen molar-refractivity contribution in [2.75, 3.05) is 6.54 Å². The van der Waals surface area contributed by atoms with Crippen LogP contribution in [0.4, 0.5) is 4.39 Å². The molecule has 3 rings (SSSR count). The molecule has 120 valence electrons. The number of aliphatic carboxylic acids is 1. The van der Waals surface area contributed by atoms with Gasteiger partial charge in [0.2, 0.25) is 0 Å². The highest BCUT2D eigenvalue weighted by atomic mass is 32.1. The summed E-state index contributed by atoms with van der Waals surface area (Å²) in [6.45, 7) is 0.427. The Bertz CT molecular complexity index is 746. The van der Waals surface area contributed by atoms with Crippen LogP contribution in [-0.4, -0.2) is 39.5 Å². The summed E-state index contributed by atoms with van der Waals surface area (Å²) in [4.78, 5) is 29.2. The van der Waals surface area contributed by atoms with Gasteiger partial charge >= 0.3 is 5.97 Å². The second-order valence-corrected chi connectivity index (χ2v) is 6.33. The van der Waals surface area contributed by atoms with Crippen LogP contribution in [0.3, 0.4) is 0 Å². The Morgan fingerprint density at radius 2 is 2.17 bits per heavy atom. The Balaban J connectivity index is 1.75. The van der Waals surface area contributed by atoms with E-state index in [4.69, 9.17) is 5.11 Å². The zero-order valence-corrected chi connectivity index (χ0v) is 13.1. The average Bonchev–Trinajstić information content (AvgIpc) is 3.18. The molecular formula is C16H15FN2O3S. The van der Waals surface area contributed by atoms with Crippen LogP contribution in [0.1, 0.15) is 33.9 Å². The lowest BCUT2D eigenvalue weighted by molar-refractivity contribution is -0.141. The van der Waals surface area contributed by atoms with Crippen molar-refractivity contribution >= 4 is 23.2 Å². The van der Waals surface area contributed by atoms with E-state index in [0.717, 1.165) is 0 Å². The fourth-order valence-electron chi connectivity index (χ4n) is 2.71. The molecule has 1 N–H and O–H groups in total. The maximum Gasteiger partial charge on any atom is 0.326 e. The average molecular weight is 334 g/mol. The summed E-state index contributed by atoms with van der Waals surface area (Å²) >= 11 is 1.28. The van der Waals surface area contributed by atoms with E-state index in [2.05, 4.69) is 4.98 Å². The zero-order chi connectivity index (χ0) is 16.4. The molecule has 0 spiro atoms. The Labute approximate surface area is 136 Å². The molecule has 0 aliphatic carbocycles. The Hall–Kier alpha value is -2.28. The number of halogens is 1. The second kappa shape index (κ2) is 6.45. The molecule has 1 aliphatic heterocycles. The fraction of sp³-hybridized carbons (Fsp3) is 0.312. The van der Waals surface area contributed by atoms with E-state index in [0.29, 0.717) is 36.4 Å². The molecule has 1 aromatic carbocycles. The third kappa shape index (κ3) is 3.24. The van der Waals surface area contributed by atoms with E-state index >= 15 is 0 Å². The first-order valence-electron chi connectivity index (χ1n) is 7.28. The molecule has 2 aromatic rings. The van der Waals surface area contributed by atoms with Crippen LogP contribution in [-0.2, 0) is 11.2 Å². The number of benzene rings is 1. The molecule has 1 aromatic heterocycles. The second-order valence-electron chi connectivity index (χ2n) is 5.39. The van der Waals surface area contributed by atoms with Crippen LogP contribution < -0.4 is 0 Å². The lowest BCUT2D eigenvalue weighted by Crippen LogP contribution is -2.40. The normalized spacial score (nSPS) is 17.4. The summed E-state index contributed by atoms with van der Waals surface area (Å²) in [5.74, 6) is -1.66. The predicted octanol–water partition coefficient (Wildman–Crippen LogP) is 2.56. The summed E-state index contributed by atoms with van der Waals surface area (Å²) in [5, 5.41) is 11.4. The van der Waals surface area contributed by atoms with Crippen molar-refractivity contribution in [3.63, 3.8) is 0 Å². The molecule has 1 atom stereocenters. The van der Waals surface area contributed by atoms with Gasteiger partial charge in [-0.05, 0) is 24.5 Å². The van der Waals surface area contributed by atoms with Gasteiger partial charge in [-0.25, -0.2) is 14.2 Å². The van der Waals surface area contributed by atoms with Crippen LogP contribution in [0.5, 0.6) is 0 Å². The van der Waals surface area contributed by atoms with Crippen LogP contribution in [0.25, 0.3) is 0 Å². The molecule has 1 saturated heterocycles. The number of hydrogen-bond donors (Lipinski definition) is 1. The number of carbonyl (C=O) groups excluding carboxylic acids is 1. The summed E-state index contributed by atoms with van der Waals surface area (Å²) < 4.78 is 13.7. The number of carbonyl (C=O) groups is 2. The van der Waals surface area contributed by atoms with Gasteiger partial charge in [0.25, 0.3) is 5.91 Å². The number of rotatable bonds is 4. The molecule has 0 saturated carbocycles. The number of amides is 1. The fourth-order valence-corrected chi connectivity index (χ4v) is 3.50. The van der Waals surface area contributed by atoms with Crippen LogP contribution in [0, 0.1) is 5.82 Å². The van der Waals surface area contributed by atoms with Crippen molar-refractivity contribution in [1.82, 2.24) is 9.88 Å². The molecule has 0 unspecified atom stereocenters. The molecule has 5 nitrogen and oxygen atoms in total. The van der Waals surface area contributed by atoms with Crippen molar-refractivity contribution in [1.29, 1.82) is 0 Å². The standard InChI is InChI=1S/C16H15FN2O3S/c17-11-5-2-1-4-10(11)8-14-18-12(9-23-14)15(20)19-7-3-6-13(19)16(21)22/h1-2,4-5,9,13H,3,6-8H2,(H,21,22)/t13-/m0/s1. The molecular weight excluding hydrogens is 319 g/mol. The lowest BCUT2D eigenvalue weighted by atomic mass is 10.1. The number of nitrogens with zero attached hydrogens (tertiary/aromatic N) is 2. The van der Waals surface area contributed by atoms with Crippen molar-refractivity contribution in [2.24, 2.45) is 0 Å². The number of carboxylic acids is 1. The summed E-state index contributed by atoms with van der Waals surface area (Å²) in [6.07, 6.45) is 1.45. The maximum absolute atomic E-state index is 13.7. The minimum absolute atomic E-state index is 0.231. The largest absolute Gasteiger partial charge is 0.480 e. The van der Waals surface area contributed by atoms with E-state index in [-0.39, 0.29) is 17.4 Å². The van der Waals surface area contributed by atoms with Gasteiger partial charge in [-0.2, -0.15) is 0 Å². The first-order valence-corrected chi connectivity index (χ1v) is 8.16. The highest BCUT2D eigenvalue weighted by Gasteiger charge is 2.35. The van der Waals surface area contributed by atoms with Crippen molar-refractivity contribution in [3.8, 4) is 0 Å². The van der Waals surface area contributed by atoms with Gasteiger partial charge in [0.05, 0.1) is 5.01 Å². The Morgan fingerprint density at radius 3 is 2.91 bits per heavy atom. The lowest BCUT2D eigenvalue weighted by Gasteiger charge is -2.20. The van der Waals surface area contributed by atoms with Gasteiger partial charge in [-0.15, -0.1) is 11.3 Å². The first kappa shape index (κ1) is 15.6. The highest BCUT2D eigenvalue weighted by molar-refractivity contribution is 7.09. The van der Waals surface area contributed by atoms with E-state index in [1.807, 2.05) is 0 Å². The van der Waals surface area contributed by atoms with Gasteiger partial charge in [-0.1, -0.05) is 18.2 Å². The van der Waals surface area contributed by atoms with Crippen LogP contribution in [0.2, 0.25) is 0 Å². The maximum atomic E-state index is 13.7. The van der Waals surface area contributed by atoms with E-state index in [1.54, 1.807) is 23.6 Å². The molecule has 0 radical (unpaired) electrons. The Kier molecular flexibility index (Phi) is 4.38. The van der Waals surface area contributed by atoms with Crippen LogP contribution in [0.15, 0.2) is 29.6 Å². The number of thiazole rings is 1. The molecule has 7 heteroatoms. The third-order valence-corrected chi connectivity index (χ3v) is 4.72. The number of hydrogen-bond acceptors (Lipinski definition) is 4. The Morgan fingerprint density at radius 1 is 1.39 bits per heavy atom. The predicted molar refractivity (Wildman–Crippen MR) is 83.0 cm³/mol. The number of likely N-dealkylation sites (tertiary alicyclic amines) is 1. The first-order chi connectivity index (χ1) is 11.1. The van der Waals surface area contributed by atoms with Gasteiger partial charge in [0.15, 0.2) is 0 Å². The van der Waals surface area contributed by atoms with Gasteiger partial charge < -0.3 is 10.0 Å². The van der Waals surface area contributed by atoms with E-state index in [9.17, 15) is 14.0 Å². The molecule has 2 heterocycles. The van der Waals surface area contributed by atoms with Gasteiger partial charge in [-0.3, -0.25) is 4.79 Å². The molecule has 23 heavy (non-hydrogen) atoms. The molecule has 1 fully saturated rings. The summed E-state index contributed by atoms with van der Waals surface area (Å²) in [5.41, 5.74) is 0.750. The van der Waals surface area contributed by atoms with Crippen LogP contribution >= 0.6 is 11.3 Å². The third-order valence-electron chi connectivity index (χ3n) is 3.87. The number of carboxylic acid groups (broad SMARTS) is 1. The minimum atomic E-state index is -0.988. The molecule has 0 bridgehead atoms. The summed E-state index contributed by atoms with van der Waals surface area (Å²) in [6, 6.07) is 5.66. The van der Waals surface area contributed by atoms with E-state index in [1.165, 1.54) is 22.3 Å². The molecule has 1 aliphatic rings. The van der Waals surface area contributed by atoms with E-state index < -0.39 is 12.0 Å². The van der Waals surface area contributed by atoms with Crippen molar-refractivity contribution in [3.05, 3.63) is 51.7 Å². The number of aromatic nitrogens is 1. The smallest absolute Gasteiger partial charge is 0.326 e. The van der Waals surface area contributed by atoms with Crippen molar-refractivity contribution < 1.29 is 19.1 Å². The van der Waals surface area contributed by atoms with Gasteiger partial charge in [0.1, 0.15) is 17.6 Å². The van der Waals surface area contributed by atoms with Gasteiger partial charge in [0, 0.05) is 18.3 Å². The minimum Gasteiger partial charge on any atom is -0.480 e. The van der Waals surface area contributed by atoms with Crippen molar-refractivity contribution in [2.45, 2.75) is 25.3 Å². The zero-order valence-electron chi connectivity index (χ0n) is 12.2. The monoisotopic (exact) mass is 334 g/mol. The highest BCUT2D eigenvalue weighted by Crippen LogP contribution is 2.22.